The molecule has 2 rings (SSSR count). The molecule has 1 aromatic rings. The predicted octanol–water partition coefficient (Wildman–Crippen LogP) is 4.69. The molecule has 0 amide bonds. The highest BCUT2D eigenvalue weighted by Gasteiger charge is 2.49. The lowest BCUT2D eigenvalue weighted by Gasteiger charge is -2.30. The third-order valence-electron chi connectivity index (χ3n) is 4.64. The largest absolute Gasteiger partial charge is 0.511 e. The van der Waals surface area contributed by atoms with Crippen molar-refractivity contribution in [2.75, 3.05) is 13.4 Å². The normalized spacial score (nSPS) is 16.6. The highest BCUT2D eigenvalue weighted by atomic mass is 35.5. The van der Waals surface area contributed by atoms with Gasteiger partial charge in [0.1, 0.15) is 5.75 Å². The minimum absolute atomic E-state index is 0.0809. The molecule has 1 aliphatic rings. The molecule has 0 aromatic heterocycles. The van der Waals surface area contributed by atoms with Crippen LogP contribution in [0.5, 0.6) is 5.75 Å². The monoisotopic (exact) mass is 511 g/mol. The number of rotatable bonds is 8. The van der Waals surface area contributed by atoms with Crippen LogP contribution in [0, 0.1) is 0 Å². The maximum atomic E-state index is 13.6. The molecule has 0 saturated heterocycles. The highest BCUT2D eigenvalue weighted by molar-refractivity contribution is 6.31. The van der Waals surface area contributed by atoms with Crippen LogP contribution < -0.4 is 10.4 Å². The number of hydrogen-bond donors (Lipinski definition) is 2. The smallest absolute Gasteiger partial charge is 0.475 e. The topological polar surface area (TPSA) is 113 Å². The van der Waals surface area contributed by atoms with E-state index >= 15 is 0 Å². The second-order valence-corrected chi connectivity index (χ2v) is 8.77. The number of alkyl halides is 3. The maximum absolute atomic E-state index is 13.6. The van der Waals surface area contributed by atoms with Crippen molar-refractivity contribution in [1.82, 2.24) is 5.64 Å². The van der Waals surface area contributed by atoms with E-state index in [4.69, 9.17) is 21.5 Å². The first-order valence-corrected chi connectivity index (χ1v) is 10.4. The summed E-state index contributed by atoms with van der Waals surface area (Å²) < 4.78 is 59.9. The van der Waals surface area contributed by atoms with Crippen molar-refractivity contribution in [2.45, 2.75) is 57.9 Å². The first kappa shape index (κ1) is 27.7. The van der Waals surface area contributed by atoms with Gasteiger partial charge < -0.3 is 18.9 Å². The molecule has 2 N–H and O–H groups in total. The van der Waals surface area contributed by atoms with Crippen LogP contribution in [0.25, 0.3) is 6.08 Å². The van der Waals surface area contributed by atoms with Crippen LogP contribution in [-0.4, -0.2) is 49.1 Å². The Hall–Kier alpha value is -2.54. The molecular weight excluding hydrogens is 487 g/mol. The summed E-state index contributed by atoms with van der Waals surface area (Å²) in [7, 11) is 0. The van der Waals surface area contributed by atoms with E-state index in [0.717, 1.165) is 6.08 Å². The zero-order chi connectivity index (χ0) is 25.7. The fraction of sp³-hybridized carbons (Fsp3) is 0.524. The molecular formula is C21H25ClF3NO8. The van der Waals surface area contributed by atoms with Crippen molar-refractivity contribution >= 4 is 29.8 Å². The molecule has 0 radical (unpaired) electrons. The van der Waals surface area contributed by atoms with Gasteiger partial charge in [0.25, 0.3) is 0 Å². The number of ether oxygens (including phenoxy) is 4. The Morgan fingerprint density at radius 3 is 2.47 bits per heavy atom. The summed E-state index contributed by atoms with van der Waals surface area (Å²) in [5.41, 5.74) is 0.934. The molecule has 2 unspecified atom stereocenters. The van der Waals surface area contributed by atoms with E-state index < -0.39 is 48.3 Å². The summed E-state index contributed by atoms with van der Waals surface area (Å²) in [6, 6.07) is 2.82. The summed E-state index contributed by atoms with van der Waals surface area (Å²) in [6.07, 6.45) is -8.05. The molecule has 9 nitrogen and oxygen atoms in total. The molecule has 1 aliphatic heterocycles. The Morgan fingerprint density at radius 1 is 1.21 bits per heavy atom. The molecule has 34 heavy (non-hydrogen) atoms. The SMILES string of the molecule is CC(CCOC(=O)OCOC(=O)C1=Cc2cc(Cl)c(C(C)(C)C)cc2OC1C(F)(F)F)ONO. The van der Waals surface area contributed by atoms with Gasteiger partial charge in [-0.2, -0.15) is 13.2 Å². The molecule has 0 saturated carbocycles. The van der Waals surface area contributed by atoms with Gasteiger partial charge in [0.2, 0.25) is 12.9 Å². The molecule has 1 aromatic carbocycles. The van der Waals surface area contributed by atoms with E-state index in [1.165, 1.54) is 17.8 Å². The molecule has 1 heterocycles. The van der Waals surface area contributed by atoms with E-state index in [9.17, 15) is 22.8 Å². The number of hydrogen-bond acceptors (Lipinski definition) is 9. The Labute approximate surface area is 198 Å². The van der Waals surface area contributed by atoms with Crippen molar-refractivity contribution in [3.05, 3.63) is 33.9 Å². The average molecular weight is 512 g/mol. The lowest BCUT2D eigenvalue weighted by molar-refractivity contribution is -0.189. The first-order valence-electron chi connectivity index (χ1n) is 10.0. The number of halogens is 4. The third kappa shape index (κ3) is 7.49. The Kier molecular flexibility index (Phi) is 9.17. The van der Waals surface area contributed by atoms with Crippen LogP contribution in [0.2, 0.25) is 5.02 Å². The van der Waals surface area contributed by atoms with Gasteiger partial charge in [-0.3, -0.25) is 10.0 Å². The van der Waals surface area contributed by atoms with Gasteiger partial charge in [0.05, 0.1) is 18.3 Å². The minimum Gasteiger partial charge on any atom is -0.475 e. The highest BCUT2D eigenvalue weighted by Crippen LogP contribution is 2.42. The summed E-state index contributed by atoms with van der Waals surface area (Å²) in [5, 5.41) is 8.65. The molecule has 2 atom stereocenters. The Balaban J connectivity index is 2.08. The zero-order valence-electron chi connectivity index (χ0n) is 18.8. The van der Waals surface area contributed by atoms with Gasteiger partial charge in [-0.25, -0.2) is 9.59 Å². The third-order valence-corrected chi connectivity index (χ3v) is 4.96. The van der Waals surface area contributed by atoms with Crippen molar-refractivity contribution in [3.63, 3.8) is 0 Å². The van der Waals surface area contributed by atoms with Crippen molar-refractivity contribution in [2.24, 2.45) is 0 Å². The molecule has 190 valence electrons. The van der Waals surface area contributed by atoms with Crippen molar-refractivity contribution in [3.8, 4) is 5.75 Å². The fourth-order valence-electron chi connectivity index (χ4n) is 2.91. The number of nitrogens with one attached hydrogen (secondary N) is 1. The van der Waals surface area contributed by atoms with Crippen LogP contribution in [0.3, 0.4) is 0 Å². The van der Waals surface area contributed by atoms with Crippen molar-refractivity contribution in [1.29, 1.82) is 0 Å². The van der Waals surface area contributed by atoms with E-state index in [0.29, 0.717) is 10.6 Å². The van der Waals surface area contributed by atoms with Gasteiger partial charge in [0.15, 0.2) is 0 Å². The van der Waals surface area contributed by atoms with Crippen molar-refractivity contribution < 1.29 is 51.8 Å². The van der Waals surface area contributed by atoms with Crippen LogP contribution >= 0.6 is 11.6 Å². The van der Waals surface area contributed by atoms with E-state index in [1.54, 1.807) is 6.92 Å². The van der Waals surface area contributed by atoms with Gasteiger partial charge in [-0.05, 0) is 36.1 Å². The lowest BCUT2D eigenvalue weighted by atomic mass is 9.85. The Morgan fingerprint density at radius 2 is 1.88 bits per heavy atom. The minimum atomic E-state index is -4.92. The number of carbonyl (C=O) groups is 2. The summed E-state index contributed by atoms with van der Waals surface area (Å²) in [4.78, 5) is 28.4. The molecule has 0 aliphatic carbocycles. The van der Waals surface area contributed by atoms with E-state index in [-0.39, 0.29) is 24.3 Å². The Bertz CT molecular complexity index is 930. The summed E-state index contributed by atoms with van der Waals surface area (Å²) in [6.45, 7) is 5.96. The fourth-order valence-corrected chi connectivity index (χ4v) is 3.37. The summed E-state index contributed by atoms with van der Waals surface area (Å²) >= 11 is 6.28. The van der Waals surface area contributed by atoms with Crippen LogP contribution in [0.1, 0.15) is 45.2 Å². The molecule has 0 bridgehead atoms. The summed E-state index contributed by atoms with van der Waals surface area (Å²) in [5.74, 6) is -1.48. The van der Waals surface area contributed by atoms with Gasteiger partial charge in [0, 0.05) is 17.0 Å². The number of benzene rings is 1. The first-order chi connectivity index (χ1) is 15.7. The van der Waals surface area contributed by atoms with E-state index in [1.807, 2.05) is 20.8 Å². The second-order valence-electron chi connectivity index (χ2n) is 8.36. The average Bonchev–Trinajstić information content (AvgIpc) is 2.71. The quantitative estimate of drug-likeness (QED) is 0.291. The van der Waals surface area contributed by atoms with Gasteiger partial charge in [-0.1, -0.05) is 38.0 Å². The van der Waals surface area contributed by atoms with Crippen LogP contribution in [0.4, 0.5) is 18.0 Å². The predicted molar refractivity (Wildman–Crippen MR) is 112 cm³/mol. The molecule has 0 spiro atoms. The lowest BCUT2D eigenvalue weighted by Crippen LogP contribution is -2.41. The number of esters is 1. The van der Waals surface area contributed by atoms with E-state index in [2.05, 4.69) is 19.0 Å². The second kappa shape index (κ2) is 11.3. The molecule has 13 heteroatoms. The standard InChI is InChI=1S/C21H25ClF3NO8/c1-11(34-26-29)5-6-30-19(28)32-10-31-18(27)13-7-12-8-15(22)14(20(2,3)4)9-16(12)33-17(13)21(23,24)25/h7-9,11,17,26,29H,5-6,10H2,1-4H3. The zero-order valence-corrected chi connectivity index (χ0v) is 19.6. The number of fused-ring (bicyclic) bond motifs is 1. The van der Waals surface area contributed by atoms with Crippen LogP contribution in [-0.2, 0) is 29.3 Å². The molecule has 0 fully saturated rings. The van der Waals surface area contributed by atoms with Gasteiger partial charge >= 0.3 is 18.3 Å². The van der Waals surface area contributed by atoms with Gasteiger partial charge in [-0.15, -0.1) is 0 Å². The number of carbonyl (C=O) groups excluding carboxylic acids is 2. The maximum Gasteiger partial charge on any atom is 0.511 e. The van der Waals surface area contributed by atoms with Crippen LogP contribution in [0.15, 0.2) is 17.7 Å².